The lowest BCUT2D eigenvalue weighted by Gasteiger charge is -2.06. The summed E-state index contributed by atoms with van der Waals surface area (Å²) >= 11 is 0. The van der Waals surface area contributed by atoms with Gasteiger partial charge in [0.2, 0.25) is 5.76 Å². The van der Waals surface area contributed by atoms with E-state index in [0.29, 0.717) is 5.69 Å². The van der Waals surface area contributed by atoms with Crippen LogP contribution >= 0.6 is 0 Å². The van der Waals surface area contributed by atoms with Gasteiger partial charge in [0.25, 0.3) is 0 Å². The molecule has 98 valence electrons. The highest BCUT2D eigenvalue weighted by Crippen LogP contribution is 2.15. The van der Waals surface area contributed by atoms with Crippen molar-refractivity contribution < 1.29 is 14.1 Å². The highest BCUT2D eigenvalue weighted by molar-refractivity contribution is 5.92. The van der Waals surface area contributed by atoms with Crippen LogP contribution in [0.15, 0.2) is 40.8 Å². The summed E-state index contributed by atoms with van der Waals surface area (Å²) in [5.41, 5.74) is 6.85. The van der Waals surface area contributed by atoms with Crippen molar-refractivity contribution in [2.45, 2.75) is 6.92 Å². The average Bonchev–Trinajstić information content (AvgIpc) is 2.87. The number of nitrogens with one attached hydrogen (secondary N) is 2. The van der Waals surface area contributed by atoms with Gasteiger partial charge in [-0.1, -0.05) is 17.7 Å². The first-order valence-corrected chi connectivity index (χ1v) is 5.43. The van der Waals surface area contributed by atoms with E-state index in [9.17, 15) is 14.9 Å². The van der Waals surface area contributed by atoms with Crippen molar-refractivity contribution in [3.63, 3.8) is 0 Å². The van der Waals surface area contributed by atoms with E-state index < -0.39 is 16.7 Å². The fraction of sp³-hybridized carbons (Fsp3) is 0.0833. The predicted octanol–water partition coefficient (Wildman–Crippen LogP) is 2.25. The van der Waals surface area contributed by atoms with Gasteiger partial charge in [0.05, 0.1) is 11.8 Å². The summed E-state index contributed by atoms with van der Waals surface area (Å²) in [6.07, 6.45) is 0. The van der Waals surface area contributed by atoms with E-state index in [1.807, 2.05) is 19.1 Å². The molecule has 0 fully saturated rings. The third-order valence-corrected chi connectivity index (χ3v) is 2.37. The Balaban J connectivity index is 1.97. The minimum Gasteiger partial charge on any atom is -0.395 e. The molecule has 7 heteroatoms. The van der Waals surface area contributed by atoms with Gasteiger partial charge >= 0.3 is 11.8 Å². The number of hydrazine groups is 1. The van der Waals surface area contributed by atoms with Crippen LogP contribution in [0.4, 0.5) is 11.6 Å². The minimum absolute atomic E-state index is 0.133. The van der Waals surface area contributed by atoms with Crippen molar-refractivity contribution >= 4 is 17.5 Å². The molecule has 7 nitrogen and oxygen atoms in total. The van der Waals surface area contributed by atoms with E-state index in [1.54, 1.807) is 12.1 Å². The number of carbonyl (C=O) groups excluding carboxylic acids is 1. The standard InChI is InChI=1S/C12H11N3O4/c1-8-2-4-9(5-3-8)13-14-12(16)10-6-7-11(19-10)15(17)18/h2-7,13H,1H3,(H,14,16). The SMILES string of the molecule is Cc1ccc(NNC(=O)c2ccc([N+](=O)[O-])o2)cc1. The van der Waals surface area contributed by atoms with Crippen LogP contribution in [-0.4, -0.2) is 10.8 Å². The minimum atomic E-state index is -0.704. The van der Waals surface area contributed by atoms with Crippen LogP contribution in [0.3, 0.4) is 0 Å². The Morgan fingerprint density at radius 2 is 1.89 bits per heavy atom. The zero-order valence-electron chi connectivity index (χ0n) is 10.0. The second kappa shape index (κ2) is 5.21. The van der Waals surface area contributed by atoms with Crippen LogP contribution in [0.2, 0.25) is 0 Å². The molecule has 1 aromatic carbocycles. The Labute approximate surface area is 108 Å². The molecule has 0 aliphatic rings. The summed E-state index contributed by atoms with van der Waals surface area (Å²) in [5.74, 6) is -1.19. The van der Waals surface area contributed by atoms with Crippen molar-refractivity contribution in [1.29, 1.82) is 0 Å². The van der Waals surface area contributed by atoms with Crippen LogP contribution < -0.4 is 10.9 Å². The number of hydrogen-bond acceptors (Lipinski definition) is 5. The molecule has 0 bridgehead atoms. The van der Waals surface area contributed by atoms with Gasteiger partial charge in [0.1, 0.15) is 4.92 Å². The molecule has 0 unspecified atom stereocenters. The lowest BCUT2D eigenvalue weighted by atomic mass is 10.2. The van der Waals surface area contributed by atoms with Crippen LogP contribution in [0, 0.1) is 17.0 Å². The zero-order chi connectivity index (χ0) is 13.8. The summed E-state index contributed by atoms with van der Waals surface area (Å²) in [5, 5.41) is 10.4. The van der Waals surface area contributed by atoms with E-state index in [0.717, 1.165) is 11.6 Å². The number of nitrogens with zero attached hydrogens (tertiary/aromatic N) is 1. The molecule has 0 saturated heterocycles. The van der Waals surface area contributed by atoms with Crippen LogP contribution in [-0.2, 0) is 0 Å². The number of aryl methyl sites for hydroxylation is 1. The van der Waals surface area contributed by atoms with Crippen LogP contribution in [0.5, 0.6) is 0 Å². The Hall–Kier alpha value is -2.83. The monoisotopic (exact) mass is 261 g/mol. The fourth-order valence-electron chi connectivity index (χ4n) is 1.38. The van der Waals surface area contributed by atoms with Gasteiger partial charge in [-0.2, -0.15) is 0 Å². The Kier molecular flexibility index (Phi) is 3.46. The van der Waals surface area contributed by atoms with E-state index in [4.69, 9.17) is 4.42 Å². The molecule has 2 N–H and O–H groups in total. The molecule has 1 amide bonds. The lowest BCUT2D eigenvalue weighted by Crippen LogP contribution is -2.28. The number of carbonyl (C=O) groups is 1. The number of hydrogen-bond donors (Lipinski definition) is 2. The quantitative estimate of drug-likeness (QED) is 0.649. The summed E-state index contributed by atoms with van der Waals surface area (Å²) in [7, 11) is 0. The maximum Gasteiger partial charge on any atom is 0.433 e. The number of rotatable bonds is 4. The lowest BCUT2D eigenvalue weighted by molar-refractivity contribution is -0.402. The zero-order valence-corrected chi connectivity index (χ0v) is 10.0. The van der Waals surface area contributed by atoms with E-state index >= 15 is 0 Å². The number of amides is 1. The first-order valence-electron chi connectivity index (χ1n) is 5.43. The highest BCUT2D eigenvalue weighted by atomic mass is 16.6. The number of benzene rings is 1. The Bertz CT molecular complexity index is 604. The van der Waals surface area contributed by atoms with Gasteiger partial charge in [0.15, 0.2) is 0 Å². The van der Waals surface area contributed by atoms with Gasteiger partial charge in [-0.25, -0.2) is 0 Å². The normalized spacial score (nSPS) is 9.95. The third kappa shape index (κ3) is 3.09. The van der Waals surface area contributed by atoms with E-state index in [1.165, 1.54) is 6.07 Å². The summed E-state index contributed by atoms with van der Waals surface area (Å²) in [4.78, 5) is 21.3. The molecule has 1 heterocycles. The van der Waals surface area contributed by atoms with Gasteiger partial charge < -0.3 is 4.42 Å². The second-order valence-electron chi connectivity index (χ2n) is 3.84. The maximum absolute atomic E-state index is 11.6. The van der Waals surface area contributed by atoms with Crippen molar-refractivity contribution in [2.24, 2.45) is 0 Å². The Morgan fingerprint density at radius 3 is 2.47 bits per heavy atom. The van der Waals surface area contributed by atoms with E-state index in [2.05, 4.69) is 10.9 Å². The second-order valence-corrected chi connectivity index (χ2v) is 3.84. The topological polar surface area (TPSA) is 97.4 Å². The molecular formula is C12H11N3O4. The van der Waals surface area contributed by atoms with Crippen molar-refractivity contribution in [1.82, 2.24) is 5.43 Å². The molecule has 0 atom stereocenters. The van der Waals surface area contributed by atoms with Gasteiger partial charge in [-0.05, 0) is 25.1 Å². The summed E-state index contributed by atoms with van der Waals surface area (Å²) in [6.45, 7) is 1.95. The molecular weight excluding hydrogens is 250 g/mol. The summed E-state index contributed by atoms with van der Waals surface area (Å²) in [6, 6.07) is 9.71. The first-order chi connectivity index (χ1) is 9.06. The fourth-order valence-corrected chi connectivity index (χ4v) is 1.38. The third-order valence-electron chi connectivity index (χ3n) is 2.37. The molecule has 2 aromatic rings. The first kappa shape index (κ1) is 12.6. The van der Waals surface area contributed by atoms with Gasteiger partial charge in [0, 0.05) is 0 Å². The number of anilines is 1. The molecule has 0 radical (unpaired) electrons. The number of furan rings is 1. The highest BCUT2D eigenvalue weighted by Gasteiger charge is 2.16. The molecule has 0 aliphatic carbocycles. The van der Waals surface area contributed by atoms with Crippen molar-refractivity contribution in [3.8, 4) is 0 Å². The van der Waals surface area contributed by atoms with Gasteiger partial charge in [-0.3, -0.25) is 25.8 Å². The maximum atomic E-state index is 11.6. The summed E-state index contributed by atoms with van der Waals surface area (Å²) < 4.78 is 4.76. The largest absolute Gasteiger partial charge is 0.433 e. The molecule has 0 saturated carbocycles. The van der Waals surface area contributed by atoms with Crippen LogP contribution in [0.25, 0.3) is 0 Å². The number of nitro groups is 1. The molecule has 2 rings (SSSR count). The Morgan fingerprint density at radius 1 is 1.21 bits per heavy atom. The van der Waals surface area contributed by atoms with Crippen molar-refractivity contribution in [2.75, 3.05) is 5.43 Å². The molecule has 0 spiro atoms. The average molecular weight is 261 g/mol. The van der Waals surface area contributed by atoms with Gasteiger partial charge in [-0.15, -0.1) is 0 Å². The molecule has 19 heavy (non-hydrogen) atoms. The predicted molar refractivity (Wildman–Crippen MR) is 67.6 cm³/mol. The van der Waals surface area contributed by atoms with E-state index in [-0.39, 0.29) is 5.76 Å². The molecule has 0 aliphatic heterocycles. The molecule has 1 aromatic heterocycles. The van der Waals surface area contributed by atoms with Crippen molar-refractivity contribution in [3.05, 3.63) is 57.8 Å². The smallest absolute Gasteiger partial charge is 0.395 e. The van der Waals surface area contributed by atoms with Crippen LogP contribution in [0.1, 0.15) is 16.1 Å².